The molecule has 1 aliphatic heterocycles. The number of benzene rings is 2. The van der Waals surface area contributed by atoms with Crippen LogP contribution in [0.2, 0.25) is 0 Å². The van der Waals surface area contributed by atoms with Crippen molar-refractivity contribution in [1.29, 1.82) is 0 Å². The predicted molar refractivity (Wildman–Crippen MR) is 136 cm³/mol. The van der Waals surface area contributed by atoms with Crippen molar-refractivity contribution in [2.75, 3.05) is 18.4 Å². The first-order valence-electron chi connectivity index (χ1n) is 12.1. The summed E-state index contributed by atoms with van der Waals surface area (Å²) >= 11 is 0. The lowest BCUT2D eigenvalue weighted by Gasteiger charge is -2.15. The first-order valence-corrected chi connectivity index (χ1v) is 12.1. The molecule has 2 aromatic carbocycles. The molecule has 1 N–H and O–H groups in total. The van der Waals surface area contributed by atoms with Gasteiger partial charge >= 0.3 is 0 Å². The van der Waals surface area contributed by atoms with E-state index in [4.69, 9.17) is 10.1 Å². The molecule has 0 unspecified atom stereocenters. The molecule has 6 nitrogen and oxygen atoms in total. The van der Waals surface area contributed by atoms with Gasteiger partial charge in [0, 0.05) is 41.7 Å². The fourth-order valence-electron chi connectivity index (χ4n) is 4.79. The minimum atomic E-state index is 0.0108. The Balaban J connectivity index is 1.24. The smallest absolute Gasteiger partial charge is 0.224 e. The number of likely N-dealkylation sites (tertiary alicyclic amines) is 1. The van der Waals surface area contributed by atoms with E-state index in [1.165, 1.54) is 31.5 Å². The highest BCUT2D eigenvalue weighted by atomic mass is 16.1. The van der Waals surface area contributed by atoms with Gasteiger partial charge in [-0.05, 0) is 69.5 Å². The van der Waals surface area contributed by atoms with Crippen LogP contribution in [-0.4, -0.2) is 38.5 Å². The first kappa shape index (κ1) is 22.3. The Morgan fingerprint density at radius 2 is 1.74 bits per heavy atom. The van der Waals surface area contributed by atoms with Gasteiger partial charge in [0.25, 0.3) is 0 Å². The van der Waals surface area contributed by atoms with Crippen LogP contribution in [0, 0.1) is 13.8 Å². The van der Waals surface area contributed by atoms with Gasteiger partial charge in [-0.2, -0.15) is 5.10 Å². The quantitative estimate of drug-likeness (QED) is 0.419. The number of anilines is 1. The van der Waals surface area contributed by atoms with Crippen LogP contribution >= 0.6 is 0 Å². The van der Waals surface area contributed by atoms with Gasteiger partial charge in [-0.3, -0.25) is 9.69 Å². The normalized spacial score (nSPS) is 14.1. The fourth-order valence-corrected chi connectivity index (χ4v) is 4.79. The second-order valence-electron chi connectivity index (χ2n) is 9.16. The summed E-state index contributed by atoms with van der Waals surface area (Å²) in [6.45, 7) is 7.42. The van der Waals surface area contributed by atoms with Gasteiger partial charge in [0.05, 0.1) is 5.69 Å². The van der Waals surface area contributed by atoms with Crippen LogP contribution in [0.15, 0.2) is 60.7 Å². The molecule has 0 aliphatic carbocycles. The van der Waals surface area contributed by atoms with Gasteiger partial charge in [0.1, 0.15) is 0 Å². The summed E-state index contributed by atoms with van der Waals surface area (Å²) in [5, 5.41) is 7.81. The number of amides is 1. The van der Waals surface area contributed by atoms with Gasteiger partial charge in [0.15, 0.2) is 5.65 Å². The molecule has 1 aliphatic rings. The van der Waals surface area contributed by atoms with Crippen LogP contribution in [0.25, 0.3) is 16.9 Å². The fraction of sp³-hybridized carbons (Fsp3) is 0.321. The Bertz CT molecular complexity index is 1290. The third-order valence-electron chi connectivity index (χ3n) is 6.68. The number of carbonyl (C=O) groups is 1. The zero-order chi connectivity index (χ0) is 23.5. The molecular weight excluding hydrogens is 422 g/mol. The van der Waals surface area contributed by atoms with Crippen LogP contribution in [0.3, 0.4) is 0 Å². The number of hydrogen-bond donors (Lipinski definition) is 1. The van der Waals surface area contributed by atoms with Gasteiger partial charge in [-0.15, -0.1) is 0 Å². The molecule has 1 amide bonds. The van der Waals surface area contributed by atoms with E-state index in [2.05, 4.69) is 29.3 Å². The minimum Gasteiger partial charge on any atom is -0.326 e. The van der Waals surface area contributed by atoms with Crippen molar-refractivity contribution in [1.82, 2.24) is 19.5 Å². The highest BCUT2D eigenvalue weighted by molar-refractivity contribution is 5.90. The zero-order valence-electron chi connectivity index (χ0n) is 19.9. The summed E-state index contributed by atoms with van der Waals surface area (Å²) in [6.07, 6.45) is 3.62. The third-order valence-corrected chi connectivity index (χ3v) is 6.68. The molecule has 174 valence electrons. The average Bonchev–Trinajstić information content (AvgIpc) is 3.51. The van der Waals surface area contributed by atoms with Crippen LogP contribution in [0.1, 0.15) is 41.8 Å². The van der Waals surface area contributed by atoms with Gasteiger partial charge < -0.3 is 5.32 Å². The molecule has 0 atom stereocenters. The van der Waals surface area contributed by atoms with E-state index in [-0.39, 0.29) is 5.91 Å². The van der Waals surface area contributed by atoms with Crippen molar-refractivity contribution in [3.05, 3.63) is 83.2 Å². The molecule has 0 saturated carbocycles. The van der Waals surface area contributed by atoms with E-state index in [1.807, 2.05) is 60.0 Å². The topological polar surface area (TPSA) is 62.5 Å². The Labute approximate surface area is 200 Å². The Morgan fingerprint density at radius 1 is 1.00 bits per heavy atom. The highest BCUT2D eigenvalue weighted by Crippen LogP contribution is 2.23. The second kappa shape index (κ2) is 9.77. The number of hydrogen-bond acceptors (Lipinski definition) is 4. The van der Waals surface area contributed by atoms with E-state index in [0.717, 1.165) is 46.1 Å². The number of aryl methyl sites for hydroxylation is 2. The molecule has 5 rings (SSSR count). The van der Waals surface area contributed by atoms with E-state index in [9.17, 15) is 4.79 Å². The van der Waals surface area contributed by atoms with Crippen LogP contribution < -0.4 is 5.32 Å². The average molecular weight is 454 g/mol. The first-order chi connectivity index (χ1) is 16.6. The summed E-state index contributed by atoms with van der Waals surface area (Å²) in [5.74, 6) is 0.0108. The summed E-state index contributed by atoms with van der Waals surface area (Å²) in [6, 6.07) is 20.4. The SMILES string of the molecule is Cc1nc2cc(-c3ccccc3)nn2c(C)c1CCC(=O)Nc1ccc(CN2CCCC2)cc1. The van der Waals surface area contributed by atoms with Crippen molar-refractivity contribution >= 4 is 17.2 Å². The number of rotatable bonds is 7. The van der Waals surface area contributed by atoms with E-state index >= 15 is 0 Å². The molecule has 0 spiro atoms. The standard InChI is InChI=1S/C28H31N5O/c1-20-25(21(2)33-27(29-20)18-26(31-33)23-8-4-3-5-9-23)14-15-28(34)30-24-12-10-22(11-13-24)19-32-16-6-7-17-32/h3-5,8-13,18H,6-7,14-17,19H2,1-2H3,(H,30,34). The lowest BCUT2D eigenvalue weighted by Crippen LogP contribution is -2.18. The zero-order valence-corrected chi connectivity index (χ0v) is 19.9. The number of aromatic nitrogens is 3. The van der Waals surface area contributed by atoms with Gasteiger partial charge in [-0.25, -0.2) is 9.50 Å². The number of carbonyl (C=O) groups excluding carboxylic acids is 1. The summed E-state index contributed by atoms with van der Waals surface area (Å²) < 4.78 is 1.89. The van der Waals surface area contributed by atoms with E-state index in [0.29, 0.717) is 12.8 Å². The van der Waals surface area contributed by atoms with Crippen LogP contribution in [0.4, 0.5) is 5.69 Å². The maximum absolute atomic E-state index is 12.7. The molecule has 6 heteroatoms. The molecule has 34 heavy (non-hydrogen) atoms. The molecule has 1 saturated heterocycles. The third kappa shape index (κ3) is 4.87. The molecular formula is C28H31N5O. The molecule has 1 fully saturated rings. The van der Waals surface area contributed by atoms with Crippen molar-refractivity contribution in [2.45, 2.75) is 46.1 Å². The van der Waals surface area contributed by atoms with Gasteiger partial charge in [-0.1, -0.05) is 42.5 Å². The highest BCUT2D eigenvalue weighted by Gasteiger charge is 2.15. The lowest BCUT2D eigenvalue weighted by molar-refractivity contribution is -0.116. The summed E-state index contributed by atoms with van der Waals surface area (Å²) in [4.78, 5) is 19.9. The van der Waals surface area contributed by atoms with Gasteiger partial charge in [0.2, 0.25) is 5.91 Å². The van der Waals surface area contributed by atoms with Crippen molar-refractivity contribution in [3.63, 3.8) is 0 Å². The Hall–Kier alpha value is -3.51. The molecule has 0 bridgehead atoms. The summed E-state index contributed by atoms with van der Waals surface area (Å²) in [5.41, 5.74) is 7.99. The minimum absolute atomic E-state index is 0.0108. The van der Waals surface area contributed by atoms with E-state index in [1.54, 1.807) is 0 Å². The lowest BCUT2D eigenvalue weighted by atomic mass is 10.1. The number of nitrogens with one attached hydrogen (secondary N) is 1. The monoisotopic (exact) mass is 453 g/mol. The predicted octanol–water partition coefficient (Wildman–Crippen LogP) is 5.18. The molecule has 4 aromatic rings. The number of fused-ring (bicyclic) bond motifs is 1. The molecule has 0 radical (unpaired) electrons. The largest absolute Gasteiger partial charge is 0.326 e. The van der Waals surface area contributed by atoms with Crippen molar-refractivity contribution < 1.29 is 4.79 Å². The molecule has 3 heterocycles. The Morgan fingerprint density at radius 3 is 2.47 bits per heavy atom. The summed E-state index contributed by atoms with van der Waals surface area (Å²) in [7, 11) is 0. The van der Waals surface area contributed by atoms with Crippen molar-refractivity contribution in [3.8, 4) is 11.3 Å². The van der Waals surface area contributed by atoms with Crippen LogP contribution in [0.5, 0.6) is 0 Å². The maximum Gasteiger partial charge on any atom is 0.224 e. The maximum atomic E-state index is 12.7. The number of nitrogens with zero attached hydrogens (tertiary/aromatic N) is 4. The Kier molecular flexibility index (Phi) is 6.41. The van der Waals surface area contributed by atoms with E-state index < -0.39 is 0 Å². The second-order valence-corrected chi connectivity index (χ2v) is 9.16. The molecule has 2 aromatic heterocycles. The van der Waals surface area contributed by atoms with Crippen molar-refractivity contribution in [2.24, 2.45) is 0 Å². The van der Waals surface area contributed by atoms with Crippen LogP contribution in [-0.2, 0) is 17.8 Å².